The number of aldehydes is 1. The molecule has 0 unspecified atom stereocenters. The summed E-state index contributed by atoms with van der Waals surface area (Å²) in [5.74, 6) is 0.577. The van der Waals surface area contributed by atoms with Crippen molar-refractivity contribution in [2.75, 3.05) is 20.2 Å². The zero-order chi connectivity index (χ0) is 18.3. The molecular formula is C18H31FN2O2. The highest BCUT2D eigenvalue weighted by Crippen LogP contribution is 2.12. The minimum absolute atomic E-state index is 0.118. The average molecular weight is 326 g/mol. The number of rotatable bonds is 5. The van der Waals surface area contributed by atoms with E-state index in [0.717, 1.165) is 6.29 Å². The minimum atomic E-state index is 0.118. The molecule has 0 saturated carbocycles. The van der Waals surface area contributed by atoms with Gasteiger partial charge in [0, 0.05) is 23.2 Å². The second kappa shape index (κ2) is 13.9. The predicted molar refractivity (Wildman–Crippen MR) is 95.7 cm³/mol. The normalized spacial score (nSPS) is 10.7. The Labute approximate surface area is 139 Å². The van der Waals surface area contributed by atoms with Crippen LogP contribution in [0.25, 0.3) is 0 Å². The summed E-state index contributed by atoms with van der Waals surface area (Å²) in [5, 5.41) is 3.10. The lowest BCUT2D eigenvalue weighted by Crippen LogP contribution is -2.31. The Morgan fingerprint density at radius 2 is 1.74 bits per heavy atom. The number of carbonyl (C=O) groups is 1. The maximum Gasteiger partial charge on any atom is 0.150 e. The fourth-order valence-electron chi connectivity index (χ4n) is 0.954. The van der Waals surface area contributed by atoms with Gasteiger partial charge in [-0.1, -0.05) is 13.8 Å². The largest absolute Gasteiger partial charge is 0.489 e. The van der Waals surface area contributed by atoms with Crippen molar-refractivity contribution in [1.82, 2.24) is 5.32 Å². The molecule has 0 aliphatic rings. The Morgan fingerprint density at radius 3 is 2.04 bits per heavy atom. The number of hydrogen-bond donors (Lipinski definition) is 2. The van der Waals surface area contributed by atoms with Crippen LogP contribution in [0.2, 0.25) is 0 Å². The second-order valence-corrected chi connectivity index (χ2v) is 5.45. The molecule has 23 heavy (non-hydrogen) atoms. The Kier molecular flexibility index (Phi) is 14.2. The highest BCUT2D eigenvalue weighted by Gasteiger charge is 2.02. The van der Waals surface area contributed by atoms with Gasteiger partial charge < -0.3 is 15.8 Å². The van der Waals surface area contributed by atoms with E-state index >= 15 is 0 Å². The molecule has 0 amide bonds. The standard InChI is InChI=1S/C11H12FNO2.C5H13N.C2H6/c12-5-10(6-13)8-15-11-3-1-9(7-14)2-4-11;1-5(2,3)6-4;1-2/h1-5,7H,6,8,13H2;6H,1-4H3;1-2H3/b10-5+;;. The number of nitrogens with one attached hydrogen (secondary N) is 1. The van der Waals surface area contributed by atoms with Crippen molar-refractivity contribution in [3.63, 3.8) is 0 Å². The fraction of sp³-hybridized carbons (Fsp3) is 0.500. The van der Waals surface area contributed by atoms with E-state index in [1.807, 2.05) is 20.9 Å². The Bertz CT molecular complexity index is 437. The van der Waals surface area contributed by atoms with Crippen LogP contribution in [-0.4, -0.2) is 32.0 Å². The zero-order valence-corrected chi connectivity index (χ0v) is 15.2. The van der Waals surface area contributed by atoms with Crippen LogP contribution in [0.1, 0.15) is 45.0 Å². The smallest absolute Gasteiger partial charge is 0.150 e. The molecule has 4 nitrogen and oxygen atoms in total. The van der Waals surface area contributed by atoms with Gasteiger partial charge >= 0.3 is 0 Å². The molecule has 1 aromatic rings. The summed E-state index contributed by atoms with van der Waals surface area (Å²) in [6.45, 7) is 10.6. The summed E-state index contributed by atoms with van der Waals surface area (Å²) in [6, 6.07) is 6.55. The molecule has 0 aliphatic carbocycles. The van der Waals surface area contributed by atoms with E-state index in [1.165, 1.54) is 0 Å². The summed E-state index contributed by atoms with van der Waals surface area (Å²) in [4.78, 5) is 10.4. The lowest BCUT2D eigenvalue weighted by Gasteiger charge is -2.15. The van der Waals surface area contributed by atoms with E-state index < -0.39 is 0 Å². The third-order valence-electron chi connectivity index (χ3n) is 2.61. The molecule has 132 valence electrons. The molecule has 0 fully saturated rings. The van der Waals surface area contributed by atoms with Crippen LogP contribution in [0.5, 0.6) is 5.75 Å². The summed E-state index contributed by atoms with van der Waals surface area (Å²) in [5.41, 5.74) is 6.51. The van der Waals surface area contributed by atoms with E-state index in [4.69, 9.17) is 10.5 Å². The van der Waals surface area contributed by atoms with E-state index in [9.17, 15) is 9.18 Å². The van der Waals surface area contributed by atoms with Gasteiger partial charge in [0.05, 0.1) is 6.33 Å². The number of hydrogen-bond acceptors (Lipinski definition) is 4. The number of carbonyl (C=O) groups excluding carboxylic acids is 1. The van der Waals surface area contributed by atoms with Crippen LogP contribution in [0, 0.1) is 0 Å². The van der Waals surface area contributed by atoms with E-state index in [-0.39, 0.29) is 13.2 Å². The van der Waals surface area contributed by atoms with E-state index in [1.54, 1.807) is 24.3 Å². The molecule has 0 heterocycles. The second-order valence-electron chi connectivity index (χ2n) is 5.45. The SMILES string of the molecule is CC.CNC(C)(C)C.NC/C(=C\F)COc1ccc(C=O)cc1. The van der Waals surface area contributed by atoms with Crippen LogP contribution in [0.4, 0.5) is 4.39 Å². The molecule has 0 atom stereocenters. The predicted octanol–water partition coefficient (Wildman–Crippen LogP) is 3.72. The van der Waals surface area contributed by atoms with Crippen molar-refractivity contribution in [2.24, 2.45) is 5.73 Å². The van der Waals surface area contributed by atoms with Crippen LogP contribution in [0.15, 0.2) is 36.2 Å². The van der Waals surface area contributed by atoms with Crippen molar-refractivity contribution in [2.45, 2.75) is 40.2 Å². The topological polar surface area (TPSA) is 64.3 Å². The van der Waals surface area contributed by atoms with Crippen molar-refractivity contribution >= 4 is 6.29 Å². The van der Waals surface area contributed by atoms with Crippen LogP contribution in [-0.2, 0) is 0 Å². The zero-order valence-electron chi connectivity index (χ0n) is 15.2. The lowest BCUT2D eigenvalue weighted by atomic mass is 10.1. The first kappa shape index (κ1) is 23.5. The van der Waals surface area contributed by atoms with Gasteiger partial charge in [-0.25, -0.2) is 4.39 Å². The van der Waals surface area contributed by atoms with Crippen molar-refractivity contribution in [3.05, 3.63) is 41.7 Å². The molecule has 0 aromatic heterocycles. The highest BCUT2D eigenvalue weighted by molar-refractivity contribution is 5.74. The molecular weight excluding hydrogens is 295 g/mol. The molecule has 0 aliphatic heterocycles. The summed E-state index contributed by atoms with van der Waals surface area (Å²) >= 11 is 0. The molecule has 5 heteroatoms. The van der Waals surface area contributed by atoms with Crippen LogP contribution in [0.3, 0.4) is 0 Å². The van der Waals surface area contributed by atoms with Gasteiger partial charge in [0.25, 0.3) is 0 Å². The van der Waals surface area contributed by atoms with Gasteiger partial charge in [-0.3, -0.25) is 4.79 Å². The van der Waals surface area contributed by atoms with Gasteiger partial charge in [0.1, 0.15) is 18.6 Å². The first-order chi connectivity index (χ1) is 10.9. The van der Waals surface area contributed by atoms with Gasteiger partial charge in [-0.15, -0.1) is 0 Å². The Balaban J connectivity index is 0. The van der Waals surface area contributed by atoms with Crippen molar-refractivity contribution in [3.8, 4) is 5.75 Å². The third-order valence-corrected chi connectivity index (χ3v) is 2.61. The lowest BCUT2D eigenvalue weighted by molar-refractivity contribution is 0.112. The third kappa shape index (κ3) is 13.7. The molecule has 0 spiro atoms. The monoisotopic (exact) mass is 326 g/mol. The van der Waals surface area contributed by atoms with E-state index in [0.29, 0.717) is 28.8 Å². The molecule has 0 bridgehead atoms. The molecule has 1 rings (SSSR count). The minimum Gasteiger partial charge on any atom is -0.489 e. The summed E-state index contributed by atoms with van der Waals surface area (Å²) in [6.07, 6.45) is 1.19. The van der Waals surface area contributed by atoms with Gasteiger partial charge in [-0.05, 0) is 52.1 Å². The molecule has 3 N–H and O–H groups in total. The summed E-state index contributed by atoms with van der Waals surface area (Å²) in [7, 11) is 1.96. The first-order valence-corrected chi connectivity index (χ1v) is 7.71. The average Bonchev–Trinajstić information content (AvgIpc) is 2.58. The van der Waals surface area contributed by atoms with Crippen LogP contribution < -0.4 is 15.8 Å². The van der Waals surface area contributed by atoms with Crippen LogP contribution >= 0.6 is 0 Å². The maximum atomic E-state index is 12.1. The van der Waals surface area contributed by atoms with Crippen molar-refractivity contribution < 1.29 is 13.9 Å². The Hall–Kier alpha value is -1.72. The number of halogens is 1. The highest BCUT2D eigenvalue weighted by atomic mass is 19.1. The molecule has 1 aromatic carbocycles. The first-order valence-electron chi connectivity index (χ1n) is 7.71. The van der Waals surface area contributed by atoms with Gasteiger partial charge in [-0.2, -0.15) is 0 Å². The molecule has 0 radical (unpaired) electrons. The number of ether oxygens (including phenoxy) is 1. The van der Waals surface area contributed by atoms with Gasteiger partial charge in [0.15, 0.2) is 0 Å². The summed E-state index contributed by atoms with van der Waals surface area (Å²) < 4.78 is 17.4. The van der Waals surface area contributed by atoms with Crippen molar-refractivity contribution in [1.29, 1.82) is 0 Å². The number of benzene rings is 1. The Morgan fingerprint density at radius 1 is 1.26 bits per heavy atom. The van der Waals surface area contributed by atoms with Gasteiger partial charge in [0.2, 0.25) is 0 Å². The quantitative estimate of drug-likeness (QED) is 0.810. The maximum absolute atomic E-state index is 12.1. The molecule has 0 saturated heterocycles. The number of nitrogens with two attached hydrogens (primary N) is 1. The fourth-order valence-corrected chi connectivity index (χ4v) is 0.954. The van der Waals surface area contributed by atoms with E-state index in [2.05, 4.69) is 26.1 Å².